The summed E-state index contributed by atoms with van der Waals surface area (Å²) in [6.07, 6.45) is 4.10. The fraction of sp³-hybridized carbons (Fsp3) is 0.619. The SMILES string of the molecule is C[C@H]1CCCN(C(=O)C2CCN(CC(=O)N(C)c3ccccc3)CC2)C1. The van der Waals surface area contributed by atoms with Crippen LogP contribution < -0.4 is 4.90 Å². The van der Waals surface area contributed by atoms with Gasteiger partial charge >= 0.3 is 0 Å². The molecule has 26 heavy (non-hydrogen) atoms. The molecule has 0 spiro atoms. The molecule has 2 heterocycles. The Hall–Kier alpha value is -1.88. The average Bonchev–Trinajstić information content (AvgIpc) is 2.68. The maximum absolute atomic E-state index is 12.8. The molecule has 0 bridgehead atoms. The molecule has 2 fully saturated rings. The molecule has 2 aliphatic rings. The maximum Gasteiger partial charge on any atom is 0.240 e. The second-order valence-corrected chi connectivity index (χ2v) is 7.87. The first-order valence-electron chi connectivity index (χ1n) is 9.87. The Balaban J connectivity index is 1.46. The summed E-state index contributed by atoms with van der Waals surface area (Å²) in [5, 5.41) is 0. The van der Waals surface area contributed by atoms with Crippen LogP contribution in [0.4, 0.5) is 5.69 Å². The quantitative estimate of drug-likeness (QED) is 0.832. The van der Waals surface area contributed by atoms with E-state index in [0.717, 1.165) is 51.1 Å². The molecular formula is C21H31N3O2. The highest BCUT2D eigenvalue weighted by atomic mass is 16.2. The van der Waals surface area contributed by atoms with Gasteiger partial charge in [-0.05, 0) is 56.8 Å². The molecule has 3 rings (SSSR count). The van der Waals surface area contributed by atoms with Gasteiger partial charge in [0.05, 0.1) is 6.54 Å². The molecule has 2 aliphatic heterocycles. The Morgan fingerprint density at radius 3 is 2.42 bits per heavy atom. The predicted octanol–water partition coefficient (Wildman–Crippen LogP) is 2.62. The summed E-state index contributed by atoms with van der Waals surface area (Å²) in [6.45, 7) is 6.15. The van der Waals surface area contributed by atoms with Crippen molar-refractivity contribution in [1.82, 2.24) is 9.80 Å². The Kier molecular flexibility index (Phi) is 6.30. The van der Waals surface area contributed by atoms with E-state index in [2.05, 4.69) is 16.7 Å². The van der Waals surface area contributed by atoms with E-state index in [-0.39, 0.29) is 11.8 Å². The van der Waals surface area contributed by atoms with Crippen LogP contribution in [0.25, 0.3) is 0 Å². The third-order valence-corrected chi connectivity index (χ3v) is 5.78. The molecule has 0 radical (unpaired) electrons. The third kappa shape index (κ3) is 4.64. The van der Waals surface area contributed by atoms with Crippen LogP contribution in [0.5, 0.6) is 0 Å². The van der Waals surface area contributed by atoms with Gasteiger partial charge in [-0.15, -0.1) is 0 Å². The molecule has 5 heteroatoms. The zero-order valence-corrected chi connectivity index (χ0v) is 16.1. The van der Waals surface area contributed by atoms with Crippen LogP contribution in [-0.2, 0) is 9.59 Å². The lowest BCUT2D eigenvalue weighted by atomic mass is 9.93. The molecule has 0 N–H and O–H groups in total. The van der Waals surface area contributed by atoms with Gasteiger partial charge in [-0.2, -0.15) is 0 Å². The first-order chi connectivity index (χ1) is 12.5. The smallest absolute Gasteiger partial charge is 0.240 e. The minimum absolute atomic E-state index is 0.103. The first kappa shape index (κ1) is 18.9. The number of nitrogens with zero attached hydrogens (tertiary/aromatic N) is 3. The fourth-order valence-corrected chi connectivity index (χ4v) is 4.08. The minimum Gasteiger partial charge on any atom is -0.342 e. The van der Waals surface area contributed by atoms with E-state index in [4.69, 9.17) is 0 Å². The summed E-state index contributed by atoms with van der Waals surface area (Å²) >= 11 is 0. The highest BCUT2D eigenvalue weighted by Gasteiger charge is 2.31. The van der Waals surface area contributed by atoms with Gasteiger partial charge in [0.15, 0.2) is 0 Å². The van der Waals surface area contributed by atoms with Crippen LogP contribution in [0, 0.1) is 11.8 Å². The van der Waals surface area contributed by atoms with Gasteiger partial charge in [0.2, 0.25) is 11.8 Å². The second-order valence-electron chi connectivity index (χ2n) is 7.87. The molecule has 1 atom stereocenters. The van der Waals surface area contributed by atoms with E-state index >= 15 is 0 Å². The molecular weight excluding hydrogens is 326 g/mol. The highest BCUT2D eigenvalue weighted by molar-refractivity contribution is 5.94. The Bertz CT molecular complexity index is 611. The van der Waals surface area contributed by atoms with Crippen LogP contribution in [0.15, 0.2) is 30.3 Å². The van der Waals surface area contributed by atoms with Crippen molar-refractivity contribution in [2.24, 2.45) is 11.8 Å². The van der Waals surface area contributed by atoms with Crippen molar-refractivity contribution >= 4 is 17.5 Å². The maximum atomic E-state index is 12.8. The molecule has 1 aromatic rings. The number of anilines is 1. The van der Waals surface area contributed by atoms with Crippen molar-refractivity contribution in [3.63, 3.8) is 0 Å². The number of likely N-dealkylation sites (N-methyl/N-ethyl adjacent to an activating group) is 1. The van der Waals surface area contributed by atoms with Crippen molar-refractivity contribution in [3.8, 4) is 0 Å². The van der Waals surface area contributed by atoms with Gasteiger partial charge in [0.1, 0.15) is 0 Å². The number of para-hydroxylation sites is 1. The molecule has 2 saturated heterocycles. The van der Waals surface area contributed by atoms with Gasteiger partial charge in [-0.3, -0.25) is 14.5 Å². The normalized spacial score (nSPS) is 22.2. The van der Waals surface area contributed by atoms with E-state index in [0.29, 0.717) is 18.4 Å². The van der Waals surface area contributed by atoms with Crippen molar-refractivity contribution in [1.29, 1.82) is 0 Å². The number of hydrogen-bond donors (Lipinski definition) is 0. The van der Waals surface area contributed by atoms with E-state index in [1.54, 1.807) is 4.90 Å². The lowest BCUT2D eigenvalue weighted by Gasteiger charge is -2.37. The second kappa shape index (κ2) is 8.67. The molecule has 0 aliphatic carbocycles. The number of carbonyl (C=O) groups is 2. The van der Waals surface area contributed by atoms with Crippen molar-refractivity contribution < 1.29 is 9.59 Å². The third-order valence-electron chi connectivity index (χ3n) is 5.78. The molecule has 0 saturated carbocycles. The molecule has 0 aromatic heterocycles. The average molecular weight is 357 g/mol. The van der Waals surface area contributed by atoms with Gasteiger partial charge in [0.25, 0.3) is 0 Å². The summed E-state index contributed by atoms with van der Waals surface area (Å²) in [5.41, 5.74) is 0.918. The molecule has 2 amide bonds. The van der Waals surface area contributed by atoms with Crippen LogP contribution >= 0.6 is 0 Å². The topological polar surface area (TPSA) is 43.9 Å². The van der Waals surface area contributed by atoms with Crippen molar-refractivity contribution in [2.75, 3.05) is 44.7 Å². The minimum atomic E-state index is 0.103. The fourth-order valence-electron chi connectivity index (χ4n) is 4.08. The molecule has 5 nitrogen and oxygen atoms in total. The Morgan fingerprint density at radius 2 is 1.77 bits per heavy atom. The van der Waals surface area contributed by atoms with Crippen molar-refractivity contribution in [2.45, 2.75) is 32.6 Å². The van der Waals surface area contributed by atoms with E-state index in [1.807, 2.05) is 37.4 Å². The number of rotatable bonds is 4. The highest BCUT2D eigenvalue weighted by Crippen LogP contribution is 2.23. The van der Waals surface area contributed by atoms with Crippen LogP contribution in [0.3, 0.4) is 0 Å². The van der Waals surface area contributed by atoms with Crippen LogP contribution in [-0.4, -0.2) is 61.4 Å². The predicted molar refractivity (Wildman–Crippen MR) is 104 cm³/mol. The molecule has 142 valence electrons. The number of benzene rings is 1. The lowest BCUT2D eigenvalue weighted by Crippen LogP contribution is -2.47. The van der Waals surface area contributed by atoms with Gasteiger partial charge < -0.3 is 9.80 Å². The van der Waals surface area contributed by atoms with Gasteiger partial charge in [-0.1, -0.05) is 25.1 Å². The summed E-state index contributed by atoms with van der Waals surface area (Å²) in [7, 11) is 1.82. The van der Waals surface area contributed by atoms with Crippen LogP contribution in [0.1, 0.15) is 32.6 Å². The largest absolute Gasteiger partial charge is 0.342 e. The molecule has 1 aromatic carbocycles. The van der Waals surface area contributed by atoms with Crippen LogP contribution in [0.2, 0.25) is 0 Å². The lowest BCUT2D eigenvalue weighted by molar-refractivity contribution is -0.138. The summed E-state index contributed by atoms with van der Waals surface area (Å²) < 4.78 is 0. The number of carbonyl (C=O) groups excluding carboxylic acids is 2. The number of piperidine rings is 2. The Labute approximate surface area is 156 Å². The van der Waals surface area contributed by atoms with Crippen molar-refractivity contribution in [3.05, 3.63) is 30.3 Å². The van der Waals surface area contributed by atoms with Gasteiger partial charge in [0, 0.05) is 31.7 Å². The number of hydrogen-bond acceptors (Lipinski definition) is 3. The number of amides is 2. The molecule has 0 unspecified atom stereocenters. The summed E-state index contributed by atoms with van der Waals surface area (Å²) in [4.78, 5) is 31.2. The van der Waals surface area contributed by atoms with Gasteiger partial charge in [-0.25, -0.2) is 0 Å². The van der Waals surface area contributed by atoms with E-state index in [1.165, 1.54) is 6.42 Å². The van der Waals surface area contributed by atoms with E-state index in [9.17, 15) is 9.59 Å². The standard InChI is InChI=1S/C21H31N3O2/c1-17-7-6-12-24(15-17)21(26)18-10-13-23(14-11-18)16-20(25)22(2)19-8-4-3-5-9-19/h3-5,8-9,17-18H,6-7,10-16H2,1-2H3/t17-/m0/s1. The zero-order chi connectivity index (χ0) is 18.5. The summed E-state index contributed by atoms with van der Waals surface area (Å²) in [6, 6.07) is 9.73. The monoisotopic (exact) mass is 357 g/mol. The zero-order valence-electron chi connectivity index (χ0n) is 16.1. The summed E-state index contributed by atoms with van der Waals surface area (Å²) in [5.74, 6) is 1.20. The van der Waals surface area contributed by atoms with E-state index < -0.39 is 0 Å². The Morgan fingerprint density at radius 1 is 1.08 bits per heavy atom. The number of likely N-dealkylation sites (tertiary alicyclic amines) is 2. The first-order valence-corrected chi connectivity index (χ1v) is 9.87.